The molecule has 0 bridgehead atoms. The molecule has 0 radical (unpaired) electrons. The van der Waals surface area contributed by atoms with Crippen molar-refractivity contribution in [3.8, 4) is 17.2 Å². The van der Waals surface area contributed by atoms with Crippen LogP contribution in [0, 0.1) is 6.92 Å². The number of aryl methyl sites for hydroxylation is 1. The average molecular weight is 741 g/mol. The van der Waals surface area contributed by atoms with Gasteiger partial charge >= 0.3 is 5.97 Å². The summed E-state index contributed by atoms with van der Waals surface area (Å²) < 4.78 is 45.0. The molecule has 1 aliphatic carbocycles. The van der Waals surface area contributed by atoms with E-state index >= 15 is 0 Å². The maximum atomic E-state index is 13.7. The Bertz CT molecular complexity index is 1770. The number of carbonyl (C=O) groups is 2. The number of hydrogen-bond acceptors (Lipinski definition) is 18. The Morgan fingerprint density at radius 3 is 2.31 bits per heavy atom. The minimum atomic E-state index is -3.16. The molecule has 0 spiro atoms. The van der Waals surface area contributed by atoms with E-state index in [4.69, 9.17) is 37.9 Å². The first kappa shape index (κ1) is 38.5. The molecule has 0 aromatic heterocycles. The van der Waals surface area contributed by atoms with Gasteiger partial charge in [0.1, 0.15) is 35.1 Å². The molecule has 6 rings (SSSR count). The maximum Gasteiger partial charge on any atom is 0.303 e. The fraction of sp³-hybridized carbons (Fsp3) is 0.647. The predicted octanol–water partition coefficient (Wildman–Crippen LogP) is -0.771. The number of rotatable bonds is 8. The highest BCUT2D eigenvalue weighted by Gasteiger charge is 2.80. The minimum Gasteiger partial charge on any atom is -0.506 e. The highest BCUT2D eigenvalue weighted by molar-refractivity contribution is 6.13. The number of phenols is 1. The first-order chi connectivity index (χ1) is 24.3. The van der Waals surface area contributed by atoms with E-state index in [1.807, 2.05) is 0 Å². The molecule has 3 heterocycles. The van der Waals surface area contributed by atoms with E-state index in [1.54, 1.807) is 13.8 Å². The standard InChI is InChI=1S/C34H44O18/c1-12-8-15-20(27-19(12)25(40)29-33(43,51-27)32(42,11-35)34(44,52-29)30(46-6)47-7)24(39)22-21(26(15)45-5)17(9-16(37)23(22)38)50-18-10-31(4,41)28(13(2)48-18)49-14(3)36/h8,13,16-18,25,28-30,35,37,39-44H,9-11H2,1-7H3/t13-,16-,17-,18+,25-,28+,29-,31-,32-,33+,34-/m0/s1. The van der Waals surface area contributed by atoms with Gasteiger partial charge in [0.25, 0.3) is 11.6 Å². The number of Topliss-reactive ketones (excluding diaryl/α,β-unsaturated/α-hetero) is 1. The van der Waals surface area contributed by atoms with E-state index in [0.29, 0.717) is 0 Å². The topological polar surface area (TPSA) is 270 Å². The molecule has 18 nitrogen and oxygen atoms in total. The summed E-state index contributed by atoms with van der Waals surface area (Å²) in [6.07, 6.45) is -12.2. The van der Waals surface area contributed by atoms with Gasteiger partial charge in [-0.2, -0.15) is 0 Å². The quantitative estimate of drug-likeness (QED) is 0.122. The second-order valence-electron chi connectivity index (χ2n) is 13.9. The predicted molar refractivity (Wildman–Crippen MR) is 171 cm³/mol. The van der Waals surface area contributed by atoms with Crippen molar-refractivity contribution in [3.63, 3.8) is 0 Å². The first-order valence-electron chi connectivity index (χ1n) is 16.5. The summed E-state index contributed by atoms with van der Waals surface area (Å²) in [5.41, 5.74) is -5.06. The van der Waals surface area contributed by atoms with Gasteiger partial charge in [-0.1, -0.05) is 0 Å². The van der Waals surface area contributed by atoms with Crippen LogP contribution in [0.3, 0.4) is 0 Å². The van der Waals surface area contributed by atoms with Crippen LogP contribution in [0.2, 0.25) is 0 Å². The number of aliphatic hydroxyl groups is 7. The zero-order chi connectivity index (χ0) is 38.5. The van der Waals surface area contributed by atoms with Gasteiger partial charge < -0.3 is 78.7 Å². The molecular weight excluding hydrogens is 696 g/mol. The number of phenolic OH excluding ortho intramolecular Hbond substituents is 1. The number of ketones is 1. The summed E-state index contributed by atoms with van der Waals surface area (Å²) in [4.78, 5) is 25.4. The summed E-state index contributed by atoms with van der Waals surface area (Å²) in [7, 11) is 3.44. The van der Waals surface area contributed by atoms with Crippen LogP contribution in [-0.4, -0.2) is 140 Å². The molecule has 0 unspecified atom stereocenters. The van der Waals surface area contributed by atoms with Crippen LogP contribution in [0.1, 0.15) is 72.9 Å². The van der Waals surface area contributed by atoms with Crippen molar-refractivity contribution in [2.45, 2.75) is 113 Å². The normalized spacial score (nSPS) is 38.4. The molecule has 52 heavy (non-hydrogen) atoms. The summed E-state index contributed by atoms with van der Waals surface area (Å²) in [5.74, 6) is -9.08. The Balaban J connectivity index is 1.51. The minimum absolute atomic E-state index is 0.00145. The Kier molecular flexibility index (Phi) is 9.59. The number of ether oxygens (including phenoxy) is 8. The van der Waals surface area contributed by atoms with Crippen molar-refractivity contribution < 1.29 is 88.3 Å². The molecule has 4 aliphatic rings. The van der Waals surface area contributed by atoms with Crippen LogP contribution in [0.25, 0.3) is 10.8 Å². The maximum absolute atomic E-state index is 13.7. The second kappa shape index (κ2) is 13.0. The number of aromatic hydroxyl groups is 1. The number of carbonyl (C=O) groups excluding carboxylic acids is 2. The van der Waals surface area contributed by atoms with E-state index in [9.17, 15) is 50.4 Å². The monoisotopic (exact) mass is 740 g/mol. The van der Waals surface area contributed by atoms with Crippen LogP contribution in [0.4, 0.5) is 0 Å². The van der Waals surface area contributed by atoms with Crippen molar-refractivity contribution >= 4 is 22.5 Å². The van der Waals surface area contributed by atoms with Gasteiger partial charge in [-0.05, 0) is 32.4 Å². The highest BCUT2D eigenvalue weighted by Crippen LogP contribution is 2.60. The highest BCUT2D eigenvalue weighted by atomic mass is 16.8. The van der Waals surface area contributed by atoms with Gasteiger partial charge in [-0.25, -0.2) is 0 Å². The van der Waals surface area contributed by atoms with E-state index in [-0.39, 0.29) is 46.1 Å². The molecule has 11 atom stereocenters. The van der Waals surface area contributed by atoms with Crippen LogP contribution in [0.5, 0.6) is 17.2 Å². The fourth-order valence-corrected chi connectivity index (χ4v) is 8.16. The number of benzene rings is 2. The zero-order valence-electron chi connectivity index (χ0n) is 29.5. The third-order valence-corrected chi connectivity index (χ3v) is 10.6. The lowest BCUT2D eigenvalue weighted by Crippen LogP contribution is -2.72. The van der Waals surface area contributed by atoms with Crippen LogP contribution >= 0.6 is 0 Å². The second-order valence-corrected chi connectivity index (χ2v) is 13.9. The van der Waals surface area contributed by atoms with Gasteiger partial charge in [0.05, 0.1) is 36.9 Å². The Labute approximate surface area is 296 Å². The number of esters is 1. The van der Waals surface area contributed by atoms with Gasteiger partial charge in [0, 0.05) is 50.5 Å². The van der Waals surface area contributed by atoms with Gasteiger partial charge in [0.15, 0.2) is 24.3 Å². The number of methoxy groups -OCH3 is 3. The van der Waals surface area contributed by atoms with Gasteiger partial charge in [-0.3, -0.25) is 9.59 Å². The summed E-state index contributed by atoms with van der Waals surface area (Å²) in [6.45, 7) is 4.33. The molecule has 2 aromatic carbocycles. The average Bonchev–Trinajstić information content (AvgIpc) is 3.24. The largest absolute Gasteiger partial charge is 0.506 e. The summed E-state index contributed by atoms with van der Waals surface area (Å²) >= 11 is 0. The number of hydrogen-bond donors (Lipinski definition) is 8. The Hall–Kier alpha value is -3.24. The van der Waals surface area contributed by atoms with Crippen molar-refractivity contribution in [3.05, 3.63) is 28.3 Å². The van der Waals surface area contributed by atoms with Crippen LogP contribution < -0.4 is 9.47 Å². The van der Waals surface area contributed by atoms with E-state index < -0.39 is 107 Å². The van der Waals surface area contributed by atoms with Crippen molar-refractivity contribution in [2.75, 3.05) is 27.9 Å². The molecule has 288 valence electrons. The Morgan fingerprint density at radius 2 is 1.75 bits per heavy atom. The fourth-order valence-electron chi connectivity index (χ4n) is 8.16. The Morgan fingerprint density at radius 1 is 1.10 bits per heavy atom. The van der Waals surface area contributed by atoms with E-state index in [1.165, 1.54) is 27.0 Å². The summed E-state index contributed by atoms with van der Waals surface area (Å²) in [6, 6.07) is 1.48. The number of fused-ring (bicyclic) bond motifs is 5. The lowest BCUT2D eigenvalue weighted by molar-refractivity contribution is -0.378. The van der Waals surface area contributed by atoms with Crippen LogP contribution in [0.15, 0.2) is 6.07 Å². The molecular formula is C34H44O18. The third kappa shape index (κ3) is 5.24. The van der Waals surface area contributed by atoms with E-state index in [0.717, 1.165) is 14.2 Å². The molecule has 2 fully saturated rings. The molecule has 8 N–H and O–H groups in total. The van der Waals surface area contributed by atoms with Crippen molar-refractivity contribution in [1.82, 2.24) is 0 Å². The van der Waals surface area contributed by atoms with Gasteiger partial charge in [0.2, 0.25) is 11.9 Å². The van der Waals surface area contributed by atoms with Crippen molar-refractivity contribution in [2.24, 2.45) is 0 Å². The van der Waals surface area contributed by atoms with Gasteiger partial charge in [-0.15, -0.1) is 0 Å². The molecule has 2 saturated heterocycles. The SMILES string of the molecule is COc1c2c(c(O)c3c4c(c(C)cc13)[C@H](O)[C@@H]1O[C@@](O)(C(OC)OC)[C@](O)(CO)[C@]1(O)O4)C(=O)[C@@H](O)C[C@@H]2O[C@@H]1C[C@](C)(O)[C@H](OC(C)=O)[C@H](C)O1. The van der Waals surface area contributed by atoms with Crippen molar-refractivity contribution in [1.29, 1.82) is 0 Å². The lowest BCUT2D eigenvalue weighted by atomic mass is 9.78. The van der Waals surface area contributed by atoms with E-state index in [2.05, 4.69) is 0 Å². The summed E-state index contributed by atoms with van der Waals surface area (Å²) in [5, 5.41) is 91.2. The third-order valence-electron chi connectivity index (χ3n) is 10.6. The molecule has 3 aliphatic heterocycles. The molecule has 0 saturated carbocycles. The lowest BCUT2D eigenvalue weighted by Gasteiger charge is -2.46. The molecule has 2 aromatic rings. The van der Waals surface area contributed by atoms with Crippen LogP contribution in [-0.2, 0) is 33.2 Å². The zero-order valence-corrected chi connectivity index (χ0v) is 29.5. The molecule has 18 heteroatoms. The smallest absolute Gasteiger partial charge is 0.303 e. The number of aliphatic hydroxyl groups excluding tert-OH is 3. The first-order valence-corrected chi connectivity index (χ1v) is 16.5. The molecule has 0 amide bonds.